The standard InChI is InChI=1S/C11H20N2O/c1-11(2,8-5-6-8)13-7-3-4-9(12)10(13)14/h8-9H,3-7,12H2,1-2H3. The van der Waals surface area contributed by atoms with Crippen molar-refractivity contribution in [1.29, 1.82) is 0 Å². The highest BCUT2D eigenvalue weighted by Crippen LogP contribution is 2.43. The van der Waals surface area contributed by atoms with Gasteiger partial charge in [0.05, 0.1) is 6.04 Å². The minimum absolute atomic E-state index is 0.0368. The van der Waals surface area contributed by atoms with E-state index < -0.39 is 0 Å². The Morgan fingerprint density at radius 1 is 1.36 bits per heavy atom. The Hall–Kier alpha value is -0.570. The second-order valence-corrected chi connectivity index (χ2v) is 5.17. The van der Waals surface area contributed by atoms with E-state index in [1.165, 1.54) is 12.8 Å². The van der Waals surface area contributed by atoms with E-state index in [0.29, 0.717) is 5.92 Å². The van der Waals surface area contributed by atoms with Gasteiger partial charge in [-0.25, -0.2) is 0 Å². The summed E-state index contributed by atoms with van der Waals surface area (Å²) in [4.78, 5) is 13.9. The lowest BCUT2D eigenvalue weighted by atomic mass is 9.92. The molecule has 0 spiro atoms. The lowest BCUT2D eigenvalue weighted by molar-refractivity contribution is -0.141. The topological polar surface area (TPSA) is 46.3 Å². The zero-order valence-corrected chi connectivity index (χ0v) is 9.12. The lowest BCUT2D eigenvalue weighted by Gasteiger charge is -2.43. The number of nitrogens with zero attached hydrogens (tertiary/aromatic N) is 1. The maximum Gasteiger partial charge on any atom is 0.239 e. The van der Waals surface area contributed by atoms with E-state index in [4.69, 9.17) is 5.73 Å². The molecule has 1 atom stereocenters. The van der Waals surface area contributed by atoms with Gasteiger partial charge in [-0.05, 0) is 45.4 Å². The molecule has 1 saturated heterocycles. The summed E-state index contributed by atoms with van der Waals surface area (Å²) in [6.07, 6.45) is 4.46. The summed E-state index contributed by atoms with van der Waals surface area (Å²) in [5, 5.41) is 0. The summed E-state index contributed by atoms with van der Waals surface area (Å²) in [5.74, 6) is 0.866. The molecule has 14 heavy (non-hydrogen) atoms. The fourth-order valence-corrected chi connectivity index (χ4v) is 2.49. The molecule has 2 N–H and O–H groups in total. The van der Waals surface area contributed by atoms with E-state index in [9.17, 15) is 4.79 Å². The van der Waals surface area contributed by atoms with Gasteiger partial charge in [-0.2, -0.15) is 0 Å². The Morgan fingerprint density at radius 3 is 2.57 bits per heavy atom. The van der Waals surface area contributed by atoms with Crippen molar-refractivity contribution in [2.45, 2.75) is 51.1 Å². The molecule has 0 bridgehead atoms. The molecular weight excluding hydrogens is 176 g/mol. The monoisotopic (exact) mass is 196 g/mol. The molecule has 1 amide bonds. The van der Waals surface area contributed by atoms with Gasteiger partial charge >= 0.3 is 0 Å². The summed E-state index contributed by atoms with van der Waals surface area (Å²) >= 11 is 0. The lowest BCUT2D eigenvalue weighted by Crippen LogP contribution is -2.57. The molecule has 2 aliphatic rings. The molecule has 0 aromatic carbocycles. The summed E-state index contributed by atoms with van der Waals surface area (Å²) in [6.45, 7) is 5.26. The first-order valence-corrected chi connectivity index (χ1v) is 5.60. The Labute approximate surface area is 85.6 Å². The quantitative estimate of drug-likeness (QED) is 0.719. The highest BCUT2D eigenvalue weighted by molar-refractivity contribution is 5.83. The van der Waals surface area contributed by atoms with E-state index in [1.54, 1.807) is 0 Å². The Kier molecular flexibility index (Phi) is 2.30. The molecule has 80 valence electrons. The number of rotatable bonds is 2. The highest BCUT2D eigenvalue weighted by Gasteiger charge is 2.45. The predicted molar refractivity (Wildman–Crippen MR) is 55.7 cm³/mol. The average Bonchev–Trinajstić information content (AvgIpc) is 2.92. The van der Waals surface area contributed by atoms with Crippen molar-refractivity contribution in [2.75, 3.05) is 6.54 Å². The third-order valence-electron chi connectivity index (χ3n) is 3.75. The van der Waals surface area contributed by atoms with Gasteiger partial charge in [-0.3, -0.25) is 4.79 Å². The van der Waals surface area contributed by atoms with Crippen molar-refractivity contribution in [3.05, 3.63) is 0 Å². The zero-order chi connectivity index (χ0) is 10.3. The number of nitrogens with two attached hydrogens (primary N) is 1. The van der Waals surface area contributed by atoms with Crippen molar-refractivity contribution in [3.63, 3.8) is 0 Å². The number of hydrogen-bond acceptors (Lipinski definition) is 2. The van der Waals surface area contributed by atoms with Crippen LogP contribution in [-0.4, -0.2) is 28.9 Å². The number of carbonyl (C=O) groups is 1. The van der Waals surface area contributed by atoms with Gasteiger partial charge in [-0.1, -0.05) is 0 Å². The molecule has 1 heterocycles. The maximum absolute atomic E-state index is 11.9. The molecule has 0 aromatic rings. The first kappa shape index (κ1) is 9.97. The molecule has 3 heteroatoms. The first-order valence-electron chi connectivity index (χ1n) is 5.60. The van der Waals surface area contributed by atoms with Crippen LogP contribution in [0.15, 0.2) is 0 Å². The molecule has 1 aliphatic carbocycles. The van der Waals surface area contributed by atoms with Crippen LogP contribution in [0, 0.1) is 5.92 Å². The van der Waals surface area contributed by atoms with Crippen LogP contribution >= 0.6 is 0 Å². The SMILES string of the molecule is CC(C)(C1CC1)N1CCCC(N)C1=O. The molecule has 1 saturated carbocycles. The molecule has 3 nitrogen and oxygen atoms in total. The Morgan fingerprint density at radius 2 is 2.00 bits per heavy atom. The van der Waals surface area contributed by atoms with E-state index in [0.717, 1.165) is 19.4 Å². The van der Waals surface area contributed by atoms with Gasteiger partial charge in [0, 0.05) is 12.1 Å². The fourth-order valence-electron chi connectivity index (χ4n) is 2.49. The van der Waals surface area contributed by atoms with E-state index in [1.807, 2.05) is 4.90 Å². The van der Waals surface area contributed by atoms with Crippen molar-refractivity contribution in [3.8, 4) is 0 Å². The predicted octanol–water partition coefficient (Wildman–Crippen LogP) is 1.12. The summed E-state index contributed by atoms with van der Waals surface area (Å²) in [7, 11) is 0. The molecule has 0 radical (unpaired) electrons. The second-order valence-electron chi connectivity index (χ2n) is 5.17. The Balaban J connectivity index is 2.11. The third kappa shape index (κ3) is 1.54. The summed E-state index contributed by atoms with van der Waals surface area (Å²) in [5.41, 5.74) is 5.83. The van der Waals surface area contributed by atoms with E-state index in [2.05, 4.69) is 13.8 Å². The number of amides is 1. The molecule has 1 aliphatic heterocycles. The minimum Gasteiger partial charge on any atom is -0.336 e. The number of carbonyl (C=O) groups excluding carboxylic acids is 1. The van der Waals surface area contributed by atoms with Crippen LogP contribution < -0.4 is 5.73 Å². The Bertz CT molecular complexity index is 246. The van der Waals surface area contributed by atoms with Crippen LogP contribution in [0.1, 0.15) is 39.5 Å². The average molecular weight is 196 g/mol. The molecule has 2 rings (SSSR count). The molecule has 1 unspecified atom stereocenters. The number of hydrogen-bond donors (Lipinski definition) is 1. The smallest absolute Gasteiger partial charge is 0.239 e. The van der Waals surface area contributed by atoms with Crippen molar-refractivity contribution >= 4 is 5.91 Å². The van der Waals surface area contributed by atoms with Gasteiger partial charge in [0.2, 0.25) is 5.91 Å². The van der Waals surface area contributed by atoms with Crippen molar-refractivity contribution in [2.24, 2.45) is 11.7 Å². The number of likely N-dealkylation sites (tertiary alicyclic amines) is 1. The highest BCUT2D eigenvalue weighted by atomic mass is 16.2. The maximum atomic E-state index is 11.9. The first-order chi connectivity index (χ1) is 6.53. The molecule has 2 fully saturated rings. The van der Waals surface area contributed by atoms with Crippen molar-refractivity contribution in [1.82, 2.24) is 4.90 Å². The third-order valence-corrected chi connectivity index (χ3v) is 3.75. The van der Waals surface area contributed by atoms with Gasteiger partial charge in [-0.15, -0.1) is 0 Å². The van der Waals surface area contributed by atoms with Crippen LogP contribution in [-0.2, 0) is 4.79 Å². The zero-order valence-electron chi connectivity index (χ0n) is 9.12. The summed E-state index contributed by atoms with van der Waals surface area (Å²) < 4.78 is 0. The van der Waals surface area contributed by atoms with Gasteiger partial charge in [0.1, 0.15) is 0 Å². The largest absolute Gasteiger partial charge is 0.336 e. The van der Waals surface area contributed by atoms with Crippen LogP contribution in [0.5, 0.6) is 0 Å². The molecule has 0 aromatic heterocycles. The van der Waals surface area contributed by atoms with Gasteiger partial charge in [0.25, 0.3) is 0 Å². The van der Waals surface area contributed by atoms with E-state index in [-0.39, 0.29) is 17.5 Å². The van der Waals surface area contributed by atoms with Crippen LogP contribution in [0.25, 0.3) is 0 Å². The van der Waals surface area contributed by atoms with Crippen LogP contribution in [0.4, 0.5) is 0 Å². The fraction of sp³-hybridized carbons (Fsp3) is 0.909. The van der Waals surface area contributed by atoms with Crippen LogP contribution in [0.2, 0.25) is 0 Å². The normalized spacial score (nSPS) is 29.5. The second kappa shape index (κ2) is 3.23. The number of piperidine rings is 1. The molecular formula is C11H20N2O. The summed E-state index contributed by atoms with van der Waals surface area (Å²) in [6, 6.07) is -0.248. The van der Waals surface area contributed by atoms with Gasteiger partial charge in [0.15, 0.2) is 0 Å². The van der Waals surface area contributed by atoms with Crippen molar-refractivity contribution < 1.29 is 4.79 Å². The minimum atomic E-state index is -0.248. The van der Waals surface area contributed by atoms with Crippen LogP contribution in [0.3, 0.4) is 0 Å². The van der Waals surface area contributed by atoms with Gasteiger partial charge < -0.3 is 10.6 Å². The van der Waals surface area contributed by atoms with E-state index >= 15 is 0 Å².